The minimum atomic E-state index is -0.371. The first-order valence-corrected chi connectivity index (χ1v) is 6.16. The molecule has 2 rings (SSSR count). The Bertz CT molecular complexity index is 550. The molecule has 0 radical (unpaired) electrons. The van der Waals surface area contributed by atoms with Crippen molar-refractivity contribution in [3.8, 4) is 0 Å². The Kier molecular flexibility index (Phi) is 3.21. The van der Waals surface area contributed by atoms with Gasteiger partial charge in [-0.25, -0.2) is 4.79 Å². The lowest BCUT2D eigenvalue weighted by Gasteiger charge is -1.95. The van der Waals surface area contributed by atoms with E-state index in [4.69, 9.17) is 16.3 Å². The van der Waals surface area contributed by atoms with E-state index in [1.165, 1.54) is 24.0 Å². The minimum absolute atomic E-state index is 0.371. The highest BCUT2D eigenvalue weighted by atomic mass is 35.5. The monoisotopic (exact) mass is 252 g/mol. The second-order valence-corrected chi connectivity index (χ2v) is 4.85. The van der Waals surface area contributed by atoms with Crippen LogP contribution in [-0.2, 0) is 11.1 Å². The Labute approximate surface area is 104 Å². The summed E-state index contributed by atoms with van der Waals surface area (Å²) >= 11 is 7.52. The predicted molar refractivity (Wildman–Crippen MR) is 70.4 cm³/mol. The van der Waals surface area contributed by atoms with E-state index in [9.17, 15) is 4.79 Å². The minimum Gasteiger partial charge on any atom is -0.465 e. The van der Waals surface area contributed by atoms with Crippen molar-refractivity contribution in [1.82, 2.24) is 0 Å². The number of rotatable bonds is 2. The SMILES string of the molecule is BCc1ccc2c(Cl)c(C(=O)OC)sc2c1. The highest BCUT2D eigenvalue weighted by Gasteiger charge is 2.17. The maximum absolute atomic E-state index is 11.5. The highest BCUT2D eigenvalue weighted by Crippen LogP contribution is 2.36. The third-order valence-corrected chi connectivity index (χ3v) is 4.11. The molecule has 0 fully saturated rings. The highest BCUT2D eigenvalue weighted by molar-refractivity contribution is 7.21. The van der Waals surface area contributed by atoms with Crippen LogP contribution in [-0.4, -0.2) is 20.9 Å². The normalized spacial score (nSPS) is 10.6. The van der Waals surface area contributed by atoms with Crippen molar-refractivity contribution >= 4 is 46.8 Å². The molecule has 0 saturated heterocycles. The summed E-state index contributed by atoms with van der Waals surface area (Å²) in [5.41, 5.74) is 1.24. The van der Waals surface area contributed by atoms with Gasteiger partial charge in [-0.1, -0.05) is 35.6 Å². The van der Waals surface area contributed by atoms with Crippen LogP contribution in [0.4, 0.5) is 0 Å². The smallest absolute Gasteiger partial charge is 0.349 e. The van der Waals surface area contributed by atoms with Crippen molar-refractivity contribution in [1.29, 1.82) is 0 Å². The van der Waals surface area contributed by atoms with E-state index in [0.29, 0.717) is 9.90 Å². The number of hydrogen-bond donors (Lipinski definition) is 0. The summed E-state index contributed by atoms with van der Waals surface area (Å²) < 4.78 is 5.72. The summed E-state index contributed by atoms with van der Waals surface area (Å²) in [5.74, 6) is -0.371. The van der Waals surface area contributed by atoms with Gasteiger partial charge in [0.05, 0.1) is 12.1 Å². The first kappa shape index (κ1) is 11.5. The van der Waals surface area contributed by atoms with Gasteiger partial charge in [0.25, 0.3) is 0 Å². The lowest BCUT2D eigenvalue weighted by molar-refractivity contribution is 0.0606. The van der Waals surface area contributed by atoms with Crippen LogP contribution in [0, 0.1) is 0 Å². The Morgan fingerprint density at radius 2 is 2.31 bits per heavy atom. The topological polar surface area (TPSA) is 26.3 Å². The van der Waals surface area contributed by atoms with Crippen LogP contribution < -0.4 is 0 Å². The molecule has 0 aliphatic carbocycles. The number of fused-ring (bicyclic) bond motifs is 1. The Morgan fingerprint density at radius 1 is 1.56 bits per heavy atom. The molecule has 1 aromatic heterocycles. The fraction of sp³-hybridized carbons (Fsp3) is 0.182. The predicted octanol–water partition coefficient (Wildman–Crippen LogP) is 2.47. The molecule has 1 aromatic carbocycles. The van der Waals surface area contributed by atoms with Gasteiger partial charge in [0, 0.05) is 10.1 Å². The average Bonchev–Trinajstić information content (AvgIpc) is 2.65. The lowest BCUT2D eigenvalue weighted by atomic mass is 9.97. The second-order valence-electron chi connectivity index (χ2n) is 3.42. The van der Waals surface area contributed by atoms with Gasteiger partial charge in [-0.3, -0.25) is 0 Å². The number of carbonyl (C=O) groups is 1. The van der Waals surface area contributed by atoms with Gasteiger partial charge in [0.2, 0.25) is 0 Å². The van der Waals surface area contributed by atoms with E-state index in [2.05, 4.69) is 13.9 Å². The van der Waals surface area contributed by atoms with Gasteiger partial charge >= 0.3 is 5.97 Å². The molecule has 0 spiro atoms. The van der Waals surface area contributed by atoms with E-state index in [0.717, 1.165) is 16.4 Å². The van der Waals surface area contributed by atoms with Crippen LogP contribution in [0.25, 0.3) is 10.1 Å². The maximum Gasteiger partial charge on any atom is 0.349 e. The zero-order valence-corrected chi connectivity index (χ0v) is 10.6. The molecular weight excluding hydrogens is 242 g/mol. The molecular formula is C11H10BClO2S. The summed E-state index contributed by atoms with van der Waals surface area (Å²) in [4.78, 5) is 11.9. The average molecular weight is 253 g/mol. The number of ether oxygens (including phenoxy) is 1. The molecule has 16 heavy (non-hydrogen) atoms. The van der Waals surface area contributed by atoms with Crippen LogP contribution in [0.3, 0.4) is 0 Å². The maximum atomic E-state index is 11.5. The number of methoxy groups -OCH3 is 1. The second kappa shape index (κ2) is 4.48. The number of halogens is 1. The molecule has 2 aromatic rings. The molecule has 0 aliphatic heterocycles. The van der Waals surface area contributed by atoms with Gasteiger partial charge in [0.1, 0.15) is 12.7 Å². The number of esters is 1. The molecule has 0 bridgehead atoms. The van der Waals surface area contributed by atoms with Crippen LogP contribution in [0.1, 0.15) is 15.2 Å². The quantitative estimate of drug-likeness (QED) is 0.606. The van der Waals surface area contributed by atoms with Gasteiger partial charge in [-0.05, 0) is 6.07 Å². The Morgan fingerprint density at radius 3 is 2.94 bits per heavy atom. The number of carbonyl (C=O) groups excluding carboxylic acids is 1. The third kappa shape index (κ3) is 1.83. The zero-order chi connectivity index (χ0) is 11.7. The summed E-state index contributed by atoms with van der Waals surface area (Å²) in [7, 11) is 3.46. The molecule has 0 unspecified atom stereocenters. The molecule has 82 valence electrons. The van der Waals surface area contributed by atoms with Gasteiger partial charge < -0.3 is 4.74 Å². The summed E-state index contributed by atoms with van der Waals surface area (Å²) in [6.07, 6.45) is 0.971. The molecule has 1 heterocycles. The fourth-order valence-corrected chi connectivity index (χ4v) is 3.04. The first-order valence-electron chi connectivity index (χ1n) is 4.96. The number of benzene rings is 1. The third-order valence-electron chi connectivity index (χ3n) is 2.47. The van der Waals surface area contributed by atoms with E-state index in [1.807, 2.05) is 12.1 Å². The van der Waals surface area contributed by atoms with Crippen molar-refractivity contribution in [2.24, 2.45) is 0 Å². The number of hydrogen-bond acceptors (Lipinski definition) is 3. The van der Waals surface area contributed by atoms with Crippen LogP contribution in [0.15, 0.2) is 18.2 Å². The van der Waals surface area contributed by atoms with Gasteiger partial charge in [-0.15, -0.1) is 11.3 Å². The van der Waals surface area contributed by atoms with Crippen LogP contribution in [0.5, 0.6) is 0 Å². The Balaban J connectivity index is 2.63. The standard InChI is InChI=1S/C11H10BClO2S/c1-15-11(14)10-9(13)7-3-2-6(5-12)4-8(7)16-10/h2-4H,5,12H2,1H3. The van der Waals surface area contributed by atoms with Crippen molar-refractivity contribution in [3.63, 3.8) is 0 Å². The van der Waals surface area contributed by atoms with Crippen LogP contribution in [0.2, 0.25) is 5.02 Å². The lowest BCUT2D eigenvalue weighted by Crippen LogP contribution is -1.97. The molecule has 0 saturated carbocycles. The largest absolute Gasteiger partial charge is 0.465 e. The van der Waals surface area contributed by atoms with E-state index >= 15 is 0 Å². The molecule has 0 amide bonds. The van der Waals surface area contributed by atoms with Crippen LogP contribution >= 0.6 is 22.9 Å². The zero-order valence-electron chi connectivity index (χ0n) is 9.04. The van der Waals surface area contributed by atoms with Crippen molar-refractivity contribution < 1.29 is 9.53 Å². The van der Waals surface area contributed by atoms with E-state index in [1.54, 1.807) is 0 Å². The molecule has 2 nitrogen and oxygen atoms in total. The van der Waals surface area contributed by atoms with Crippen molar-refractivity contribution in [2.75, 3.05) is 7.11 Å². The van der Waals surface area contributed by atoms with E-state index in [-0.39, 0.29) is 5.97 Å². The van der Waals surface area contributed by atoms with Crippen molar-refractivity contribution in [3.05, 3.63) is 33.7 Å². The van der Waals surface area contributed by atoms with E-state index < -0.39 is 0 Å². The molecule has 0 atom stereocenters. The summed E-state index contributed by atoms with van der Waals surface area (Å²) in [5, 5.41) is 1.42. The summed E-state index contributed by atoms with van der Waals surface area (Å²) in [6.45, 7) is 0. The molecule has 0 N–H and O–H groups in total. The van der Waals surface area contributed by atoms with Gasteiger partial charge in [-0.2, -0.15) is 0 Å². The molecule has 5 heteroatoms. The molecule has 0 aliphatic rings. The number of thiophene rings is 1. The summed E-state index contributed by atoms with van der Waals surface area (Å²) in [6, 6.07) is 6.06. The fourth-order valence-electron chi connectivity index (χ4n) is 1.55. The Hall–Kier alpha value is -0.995. The van der Waals surface area contributed by atoms with Gasteiger partial charge in [0.15, 0.2) is 0 Å². The first-order chi connectivity index (χ1) is 7.67. The van der Waals surface area contributed by atoms with Crippen molar-refractivity contribution in [2.45, 2.75) is 6.32 Å².